The zero-order valence-electron chi connectivity index (χ0n) is 13.2. The van der Waals surface area contributed by atoms with E-state index in [-0.39, 0.29) is 24.0 Å². The third kappa shape index (κ3) is 10.5. The van der Waals surface area contributed by atoms with Crippen molar-refractivity contribution in [1.29, 1.82) is 0 Å². The first-order chi connectivity index (χ1) is 10.0. The van der Waals surface area contributed by atoms with Crippen molar-refractivity contribution >= 4 is 29.7 Å². The Kier molecular flexibility index (Phi) is 12.3. The zero-order valence-corrected chi connectivity index (χ0v) is 14.0. The number of hydrogen-bond acceptors (Lipinski definition) is 5. The topological polar surface area (TPSA) is 72.5 Å². The molecule has 0 fully saturated rings. The van der Waals surface area contributed by atoms with Gasteiger partial charge in [-0.1, -0.05) is 20.8 Å². The van der Waals surface area contributed by atoms with Crippen molar-refractivity contribution in [3.05, 3.63) is 0 Å². The van der Waals surface area contributed by atoms with Crippen molar-refractivity contribution in [3.8, 4) is 0 Å². The lowest BCUT2D eigenvalue weighted by atomic mass is 10.1. The molecule has 0 bridgehead atoms. The van der Waals surface area contributed by atoms with Crippen LogP contribution >= 0.6 is 11.8 Å². The third-order valence-corrected chi connectivity index (χ3v) is 4.06. The van der Waals surface area contributed by atoms with Gasteiger partial charge in [-0.15, -0.1) is 11.8 Å². The maximum Gasteiger partial charge on any atom is 0.233 e. The molecule has 0 saturated heterocycles. The van der Waals surface area contributed by atoms with Crippen molar-refractivity contribution in [1.82, 2.24) is 5.32 Å². The number of Topliss-reactive ketones (excluding diaryl/α,β-unsaturated/α-hetero) is 1. The highest BCUT2D eigenvalue weighted by atomic mass is 32.2. The smallest absolute Gasteiger partial charge is 0.233 e. The minimum absolute atomic E-state index is 0.0136. The number of carbonyl (C=O) groups excluding carboxylic acids is 3. The largest absolute Gasteiger partial charge is 0.380 e. The van der Waals surface area contributed by atoms with Gasteiger partial charge in [0.05, 0.1) is 11.9 Å². The quantitative estimate of drug-likeness (QED) is 0.414. The van der Waals surface area contributed by atoms with Gasteiger partial charge in [0.25, 0.3) is 0 Å². The van der Waals surface area contributed by atoms with Crippen molar-refractivity contribution in [2.75, 3.05) is 25.5 Å². The SMILES string of the molecule is CCCOCCNC(=O)C(CC=O)SCCC(=O)C(C)C. The molecule has 122 valence electrons. The lowest BCUT2D eigenvalue weighted by molar-refractivity contribution is -0.122. The van der Waals surface area contributed by atoms with Gasteiger partial charge in [0.15, 0.2) is 0 Å². The molecule has 0 aliphatic rings. The summed E-state index contributed by atoms with van der Waals surface area (Å²) in [6.07, 6.45) is 2.29. The fraction of sp³-hybridized carbons (Fsp3) is 0.800. The fourth-order valence-corrected chi connectivity index (χ4v) is 2.59. The van der Waals surface area contributed by atoms with Gasteiger partial charge in [-0.25, -0.2) is 0 Å². The van der Waals surface area contributed by atoms with Crippen LogP contribution in [0.3, 0.4) is 0 Å². The molecule has 6 heteroatoms. The average molecular weight is 317 g/mol. The molecule has 0 aromatic carbocycles. The van der Waals surface area contributed by atoms with E-state index in [4.69, 9.17) is 4.74 Å². The minimum Gasteiger partial charge on any atom is -0.380 e. The van der Waals surface area contributed by atoms with Crippen LogP contribution in [-0.4, -0.2) is 48.7 Å². The minimum atomic E-state index is -0.423. The summed E-state index contributed by atoms with van der Waals surface area (Å²) < 4.78 is 5.28. The Morgan fingerprint density at radius 2 is 2.00 bits per heavy atom. The molecule has 0 saturated carbocycles. The van der Waals surface area contributed by atoms with Crippen LogP contribution < -0.4 is 5.32 Å². The van der Waals surface area contributed by atoms with Crippen molar-refractivity contribution in [2.24, 2.45) is 5.92 Å². The summed E-state index contributed by atoms with van der Waals surface area (Å²) in [7, 11) is 0. The lowest BCUT2D eigenvalue weighted by Gasteiger charge is -2.14. The van der Waals surface area contributed by atoms with Gasteiger partial charge in [-0.3, -0.25) is 9.59 Å². The van der Waals surface area contributed by atoms with Gasteiger partial charge in [-0.2, -0.15) is 0 Å². The maximum atomic E-state index is 11.9. The van der Waals surface area contributed by atoms with Crippen LogP contribution in [0, 0.1) is 5.92 Å². The summed E-state index contributed by atoms with van der Waals surface area (Å²) in [6.45, 7) is 7.34. The fourth-order valence-electron chi connectivity index (χ4n) is 1.54. The molecule has 0 aliphatic carbocycles. The van der Waals surface area contributed by atoms with E-state index in [1.807, 2.05) is 20.8 Å². The van der Waals surface area contributed by atoms with E-state index in [1.165, 1.54) is 11.8 Å². The highest BCUT2D eigenvalue weighted by Gasteiger charge is 2.19. The van der Waals surface area contributed by atoms with E-state index in [1.54, 1.807) is 0 Å². The average Bonchev–Trinajstić information content (AvgIpc) is 2.45. The van der Waals surface area contributed by atoms with Gasteiger partial charge in [0.1, 0.15) is 12.1 Å². The molecular formula is C15H27NO4S. The number of aldehydes is 1. The van der Waals surface area contributed by atoms with Gasteiger partial charge in [0.2, 0.25) is 5.91 Å². The number of thioether (sulfide) groups is 1. The van der Waals surface area contributed by atoms with Crippen molar-refractivity contribution < 1.29 is 19.1 Å². The lowest BCUT2D eigenvalue weighted by Crippen LogP contribution is -2.35. The predicted octanol–water partition coefficient (Wildman–Crippen LogP) is 1.84. The summed E-state index contributed by atoms with van der Waals surface area (Å²) in [6, 6.07) is 0. The normalized spacial score (nSPS) is 12.2. The number of ketones is 1. The molecule has 1 atom stereocenters. The highest BCUT2D eigenvalue weighted by Crippen LogP contribution is 2.16. The molecule has 21 heavy (non-hydrogen) atoms. The van der Waals surface area contributed by atoms with Crippen LogP contribution in [0.25, 0.3) is 0 Å². The van der Waals surface area contributed by atoms with E-state index in [0.29, 0.717) is 31.9 Å². The molecule has 1 unspecified atom stereocenters. The van der Waals surface area contributed by atoms with Gasteiger partial charge in [-0.05, 0) is 6.42 Å². The van der Waals surface area contributed by atoms with Crippen LogP contribution in [0.4, 0.5) is 0 Å². The van der Waals surface area contributed by atoms with E-state index in [2.05, 4.69) is 5.32 Å². The summed E-state index contributed by atoms with van der Waals surface area (Å²) >= 11 is 1.36. The van der Waals surface area contributed by atoms with Crippen LogP contribution in [0.15, 0.2) is 0 Å². The standard InChI is InChI=1S/C15H27NO4S/c1-4-9-20-10-7-16-15(19)14(5-8-17)21-11-6-13(18)12(2)3/h8,12,14H,4-7,9-11H2,1-3H3,(H,16,19). The molecular weight excluding hydrogens is 290 g/mol. The van der Waals surface area contributed by atoms with Crippen LogP contribution in [0.2, 0.25) is 0 Å². The number of amides is 1. The van der Waals surface area contributed by atoms with Crippen LogP contribution in [-0.2, 0) is 19.1 Å². The maximum absolute atomic E-state index is 11.9. The van der Waals surface area contributed by atoms with Gasteiger partial charge in [0, 0.05) is 37.7 Å². The van der Waals surface area contributed by atoms with Gasteiger partial charge >= 0.3 is 0 Å². The third-order valence-electron chi connectivity index (χ3n) is 2.81. The Hall–Kier alpha value is -0.880. The number of rotatable bonds is 13. The second kappa shape index (κ2) is 12.8. The Balaban J connectivity index is 4.00. The van der Waals surface area contributed by atoms with Crippen LogP contribution in [0.1, 0.15) is 40.0 Å². The first kappa shape index (κ1) is 20.1. The molecule has 0 radical (unpaired) electrons. The molecule has 0 spiro atoms. The molecule has 0 aromatic rings. The van der Waals surface area contributed by atoms with Crippen molar-refractivity contribution in [3.63, 3.8) is 0 Å². The van der Waals surface area contributed by atoms with E-state index >= 15 is 0 Å². The Bertz CT molecular complexity index is 321. The highest BCUT2D eigenvalue weighted by molar-refractivity contribution is 8.00. The summed E-state index contributed by atoms with van der Waals surface area (Å²) in [5.74, 6) is 0.597. The zero-order chi connectivity index (χ0) is 16.1. The molecule has 0 aliphatic heterocycles. The molecule has 1 amide bonds. The summed E-state index contributed by atoms with van der Waals surface area (Å²) in [4.78, 5) is 34.1. The monoisotopic (exact) mass is 317 g/mol. The summed E-state index contributed by atoms with van der Waals surface area (Å²) in [5, 5.41) is 2.34. The number of carbonyl (C=O) groups is 3. The van der Waals surface area contributed by atoms with Crippen molar-refractivity contribution in [2.45, 2.75) is 45.3 Å². The molecule has 0 heterocycles. The summed E-state index contributed by atoms with van der Waals surface area (Å²) in [5.41, 5.74) is 0. The first-order valence-electron chi connectivity index (χ1n) is 7.46. The first-order valence-corrected chi connectivity index (χ1v) is 8.51. The molecule has 0 aromatic heterocycles. The Labute approximate surface area is 131 Å². The number of hydrogen-bond donors (Lipinski definition) is 1. The Morgan fingerprint density at radius 1 is 1.29 bits per heavy atom. The number of nitrogens with one attached hydrogen (secondary N) is 1. The van der Waals surface area contributed by atoms with Gasteiger partial charge < -0.3 is 14.8 Å². The van der Waals surface area contributed by atoms with E-state index in [9.17, 15) is 14.4 Å². The molecule has 0 rings (SSSR count). The van der Waals surface area contributed by atoms with E-state index < -0.39 is 5.25 Å². The molecule has 1 N–H and O–H groups in total. The second-order valence-corrected chi connectivity index (χ2v) is 6.35. The number of ether oxygens (including phenoxy) is 1. The second-order valence-electron chi connectivity index (χ2n) is 5.04. The predicted molar refractivity (Wildman–Crippen MR) is 85.5 cm³/mol. The molecule has 5 nitrogen and oxygen atoms in total. The van der Waals surface area contributed by atoms with E-state index in [0.717, 1.165) is 12.7 Å². The van der Waals surface area contributed by atoms with Crippen LogP contribution in [0.5, 0.6) is 0 Å². The Morgan fingerprint density at radius 3 is 2.57 bits per heavy atom.